The van der Waals surface area contributed by atoms with E-state index in [2.05, 4.69) is 5.32 Å². The number of benzene rings is 1. The van der Waals surface area contributed by atoms with Crippen LogP contribution >= 0.6 is 23.2 Å². The van der Waals surface area contributed by atoms with Gasteiger partial charge in [0.25, 0.3) is 0 Å². The predicted molar refractivity (Wildman–Crippen MR) is 76.3 cm³/mol. The molecule has 0 spiro atoms. The van der Waals surface area contributed by atoms with Crippen LogP contribution in [0.15, 0.2) is 30.3 Å². The quantitative estimate of drug-likeness (QED) is 0.778. The molecule has 0 unspecified atom stereocenters. The Bertz CT molecular complexity index is 412. The fourth-order valence-corrected chi connectivity index (χ4v) is 1.82. The average Bonchev–Trinajstić information content (AvgIpc) is 2.46. The molecule has 2 amide bonds. The Hall–Kier alpha value is -1.26. The van der Waals surface area contributed by atoms with E-state index in [1.165, 1.54) is 0 Å². The molecule has 0 atom stereocenters. The SMILES string of the molecule is O=C(CCl)NCCN(Cc1ccccc1)C(=O)CCl. The highest BCUT2D eigenvalue weighted by Gasteiger charge is 2.12. The normalized spacial score (nSPS) is 10.0. The Morgan fingerprint density at radius 1 is 1.11 bits per heavy atom. The van der Waals surface area contributed by atoms with Crippen LogP contribution < -0.4 is 5.32 Å². The van der Waals surface area contributed by atoms with Crippen molar-refractivity contribution in [2.24, 2.45) is 0 Å². The molecule has 19 heavy (non-hydrogen) atoms. The summed E-state index contributed by atoms with van der Waals surface area (Å²) in [6.45, 7) is 1.24. The van der Waals surface area contributed by atoms with E-state index in [1.54, 1.807) is 4.90 Å². The van der Waals surface area contributed by atoms with E-state index in [9.17, 15) is 9.59 Å². The van der Waals surface area contributed by atoms with E-state index in [-0.39, 0.29) is 23.6 Å². The van der Waals surface area contributed by atoms with Crippen LogP contribution in [0.25, 0.3) is 0 Å². The molecular formula is C13H16Cl2N2O2. The van der Waals surface area contributed by atoms with Gasteiger partial charge in [-0.1, -0.05) is 30.3 Å². The van der Waals surface area contributed by atoms with Gasteiger partial charge in [-0.25, -0.2) is 0 Å². The van der Waals surface area contributed by atoms with Crippen molar-refractivity contribution in [2.75, 3.05) is 24.8 Å². The second-order valence-electron chi connectivity index (χ2n) is 3.92. The Morgan fingerprint density at radius 2 is 1.79 bits per heavy atom. The lowest BCUT2D eigenvalue weighted by molar-refractivity contribution is -0.129. The number of nitrogens with one attached hydrogen (secondary N) is 1. The number of amides is 2. The van der Waals surface area contributed by atoms with Gasteiger partial charge in [0.1, 0.15) is 11.8 Å². The molecule has 1 aromatic rings. The number of alkyl halides is 2. The van der Waals surface area contributed by atoms with Gasteiger partial charge in [0.05, 0.1) is 0 Å². The molecule has 6 heteroatoms. The molecule has 1 aromatic carbocycles. The van der Waals surface area contributed by atoms with Crippen molar-refractivity contribution in [1.82, 2.24) is 10.2 Å². The number of rotatable bonds is 7. The van der Waals surface area contributed by atoms with Crippen molar-refractivity contribution in [2.45, 2.75) is 6.54 Å². The number of hydrogen-bond donors (Lipinski definition) is 1. The topological polar surface area (TPSA) is 49.4 Å². The summed E-state index contributed by atoms with van der Waals surface area (Å²) in [4.78, 5) is 24.3. The summed E-state index contributed by atoms with van der Waals surface area (Å²) in [6, 6.07) is 9.61. The van der Waals surface area contributed by atoms with Crippen molar-refractivity contribution in [1.29, 1.82) is 0 Å². The molecule has 0 aliphatic heterocycles. The van der Waals surface area contributed by atoms with Crippen LogP contribution in [0.1, 0.15) is 5.56 Å². The lowest BCUT2D eigenvalue weighted by Gasteiger charge is -2.22. The second kappa shape index (κ2) is 8.77. The van der Waals surface area contributed by atoms with Gasteiger partial charge in [-0.15, -0.1) is 23.2 Å². The fourth-order valence-electron chi connectivity index (χ4n) is 1.56. The molecule has 0 aromatic heterocycles. The van der Waals surface area contributed by atoms with Crippen LogP contribution in [-0.4, -0.2) is 41.6 Å². The molecule has 4 nitrogen and oxygen atoms in total. The molecule has 0 bridgehead atoms. The van der Waals surface area contributed by atoms with Gasteiger partial charge in [0.2, 0.25) is 11.8 Å². The predicted octanol–water partition coefficient (Wildman–Crippen LogP) is 1.61. The molecule has 0 radical (unpaired) electrons. The number of hydrogen-bond acceptors (Lipinski definition) is 2. The zero-order chi connectivity index (χ0) is 14.1. The van der Waals surface area contributed by atoms with Gasteiger partial charge in [0, 0.05) is 19.6 Å². The van der Waals surface area contributed by atoms with Crippen LogP contribution in [0.3, 0.4) is 0 Å². The van der Waals surface area contributed by atoms with Crippen molar-refractivity contribution >= 4 is 35.0 Å². The first-order chi connectivity index (χ1) is 9.17. The third kappa shape index (κ3) is 5.94. The van der Waals surface area contributed by atoms with Crippen LogP contribution in [0, 0.1) is 0 Å². The molecule has 0 fully saturated rings. The number of halogens is 2. The van der Waals surface area contributed by atoms with Crippen LogP contribution in [0.4, 0.5) is 0 Å². The van der Waals surface area contributed by atoms with Gasteiger partial charge in [-0.2, -0.15) is 0 Å². The van der Waals surface area contributed by atoms with Gasteiger partial charge < -0.3 is 10.2 Å². The minimum absolute atomic E-state index is 0.0731. The molecule has 0 saturated heterocycles. The summed E-state index contributed by atoms with van der Waals surface area (Å²) < 4.78 is 0. The third-order valence-corrected chi connectivity index (χ3v) is 2.98. The molecular weight excluding hydrogens is 287 g/mol. The largest absolute Gasteiger partial charge is 0.353 e. The highest BCUT2D eigenvalue weighted by Crippen LogP contribution is 2.05. The van der Waals surface area contributed by atoms with Gasteiger partial charge in [0.15, 0.2) is 0 Å². The average molecular weight is 303 g/mol. The highest BCUT2D eigenvalue weighted by molar-refractivity contribution is 6.27. The molecule has 0 aliphatic rings. The molecule has 0 heterocycles. The minimum atomic E-state index is -0.250. The van der Waals surface area contributed by atoms with E-state index < -0.39 is 0 Å². The first kappa shape index (κ1) is 15.8. The number of nitrogens with zero attached hydrogens (tertiary/aromatic N) is 1. The summed E-state index contributed by atoms with van der Waals surface area (Å²) in [5.74, 6) is -0.566. The standard InChI is InChI=1S/C13H16Cl2N2O2/c14-8-12(18)16-6-7-17(13(19)9-15)10-11-4-2-1-3-5-11/h1-5H,6-10H2,(H,16,18). The van der Waals surface area contributed by atoms with Gasteiger partial charge in [-0.3, -0.25) is 9.59 Å². The van der Waals surface area contributed by atoms with E-state index in [0.29, 0.717) is 19.6 Å². The molecule has 1 N–H and O–H groups in total. The summed E-state index contributed by atoms with van der Waals surface area (Å²) in [6.07, 6.45) is 0. The third-order valence-electron chi connectivity index (χ3n) is 2.51. The summed E-state index contributed by atoms with van der Waals surface area (Å²) in [7, 11) is 0. The van der Waals surface area contributed by atoms with Crippen molar-refractivity contribution in [3.05, 3.63) is 35.9 Å². The van der Waals surface area contributed by atoms with E-state index in [0.717, 1.165) is 5.56 Å². The van der Waals surface area contributed by atoms with E-state index in [4.69, 9.17) is 23.2 Å². The van der Waals surface area contributed by atoms with Crippen LogP contribution in [0.2, 0.25) is 0 Å². The summed E-state index contributed by atoms with van der Waals surface area (Å²) in [5.41, 5.74) is 1.02. The van der Waals surface area contributed by atoms with Crippen molar-refractivity contribution in [3.8, 4) is 0 Å². The second-order valence-corrected chi connectivity index (χ2v) is 4.45. The summed E-state index contributed by atoms with van der Waals surface area (Å²) in [5, 5.41) is 2.62. The van der Waals surface area contributed by atoms with Gasteiger partial charge in [-0.05, 0) is 5.56 Å². The monoisotopic (exact) mass is 302 g/mol. The van der Waals surface area contributed by atoms with E-state index in [1.807, 2.05) is 30.3 Å². The Kier molecular flexibility index (Phi) is 7.30. The Labute approximate surface area is 122 Å². The Morgan fingerprint density at radius 3 is 2.37 bits per heavy atom. The zero-order valence-electron chi connectivity index (χ0n) is 10.4. The van der Waals surface area contributed by atoms with Crippen LogP contribution in [0.5, 0.6) is 0 Å². The van der Waals surface area contributed by atoms with E-state index >= 15 is 0 Å². The lowest BCUT2D eigenvalue weighted by atomic mass is 10.2. The van der Waals surface area contributed by atoms with Crippen molar-refractivity contribution in [3.63, 3.8) is 0 Å². The molecule has 0 aliphatic carbocycles. The Balaban J connectivity index is 2.53. The maximum Gasteiger partial charge on any atom is 0.237 e. The lowest BCUT2D eigenvalue weighted by Crippen LogP contribution is -2.39. The smallest absolute Gasteiger partial charge is 0.237 e. The zero-order valence-corrected chi connectivity index (χ0v) is 12.0. The molecule has 0 saturated carbocycles. The number of carbonyl (C=O) groups excluding carboxylic acids is 2. The fraction of sp³-hybridized carbons (Fsp3) is 0.385. The number of carbonyl (C=O) groups is 2. The maximum absolute atomic E-state index is 11.7. The van der Waals surface area contributed by atoms with Gasteiger partial charge >= 0.3 is 0 Å². The highest BCUT2D eigenvalue weighted by atomic mass is 35.5. The first-order valence-corrected chi connectivity index (χ1v) is 6.94. The summed E-state index contributed by atoms with van der Waals surface area (Å²) >= 11 is 11.0. The molecule has 1 rings (SSSR count). The maximum atomic E-state index is 11.7. The minimum Gasteiger partial charge on any atom is -0.353 e. The molecule has 104 valence electrons. The van der Waals surface area contributed by atoms with Crippen LogP contribution in [-0.2, 0) is 16.1 Å². The van der Waals surface area contributed by atoms with Crippen molar-refractivity contribution < 1.29 is 9.59 Å². The first-order valence-electron chi connectivity index (χ1n) is 5.87.